The van der Waals surface area contributed by atoms with Gasteiger partial charge in [0.1, 0.15) is 5.75 Å². The molecule has 0 unspecified atom stereocenters. The van der Waals surface area contributed by atoms with E-state index < -0.39 is 0 Å². The van der Waals surface area contributed by atoms with E-state index in [9.17, 15) is 10.0 Å². The van der Waals surface area contributed by atoms with Crippen LogP contribution in [0.5, 0.6) is 5.75 Å². The van der Waals surface area contributed by atoms with Gasteiger partial charge in [-0.25, -0.2) is 0 Å². The van der Waals surface area contributed by atoms with Crippen molar-refractivity contribution in [1.82, 2.24) is 0 Å². The molecule has 0 aliphatic heterocycles. The minimum absolute atomic E-state index is 0.0406. The van der Waals surface area contributed by atoms with Crippen LogP contribution in [0.1, 0.15) is 5.56 Å². The molecule has 0 saturated heterocycles. The zero-order valence-corrected chi connectivity index (χ0v) is 8.97. The maximum absolute atomic E-state index is 10.7. The average Bonchev–Trinajstić information content (AvgIpc) is 2.36. The maximum Gasteiger partial charge on any atom is 0.157 e. The number of nitrogens with two attached hydrogens (primary N) is 1. The van der Waals surface area contributed by atoms with Gasteiger partial charge in [0, 0.05) is 10.9 Å². The first kappa shape index (κ1) is 11.1. The van der Waals surface area contributed by atoms with Crippen LogP contribution in [0.25, 0.3) is 10.8 Å². The molecular weight excluding hydrogens is 216 g/mol. The number of hydrogen-bond donors (Lipinski definition) is 2. The lowest BCUT2D eigenvalue weighted by Gasteiger charge is -2.02. The predicted molar refractivity (Wildman–Crippen MR) is 67.0 cm³/mol. The van der Waals surface area contributed by atoms with Crippen LogP contribution in [0.3, 0.4) is 0 Å². The number of aromatic hydroxyl groups is 1. The zero-order chi connectivity index (χ0) is 12.3. The topological polar surface area (TPSA) is 75.7 Å². The summed E-state index contributed by atoms with van der Waals surface area (Å²) in [6, 6.07) is 8.54. The van der Waals surface area contributed by atoms with Crippen molar-refractivity contribution < 1.29 is 5.11 Å². The van der Waals surface area contributed by atoms with Crippen LogP contribution in [0.4, 0.5) is 5.69 Å². The summed E-state index contributed by atoms with van der Waals surface area (Å²) in [6.45, 7) is 0.275. The van der Waals surface area contributed by atoms with E-state index >= 15 is 0 Å². The van der Waals surface area contributed by atoms with E-state index in [4.69, 9.17) is 5.73 Å². The van der Waals surface area contributed by atoms with Crippen LogP contribution < -0.4 is 5.73 Å². The largest absolute Gasteiger partial charge is 0.506 e. The maximum atomic E-state index is 10.7. The fourth-order valence-corrected chi connectivity index (χ4v) is 1.62. The molecule has 0 aromatic heterocycles. The molecule has 4 nitrogen and oxygen atoms in total. The lowest BCUT2D eigenvalue weighted by Crippen LogP contribution is -1.92. The Morgan fingerprint density at radius 2 is 2.06 bits per heavy atom. The molecule has 0 aliphatic carbocycles. The Hall–Kier alpha value is -2.38. The molecule has 0 saturated carbocycles. The number of rotatable bonds is 1. The summed E-state index contributed by atoms with van der Waals surface area (Å²) in [5.41, 5.74) is 6.06. The van der Waals surface area contributed by atoms with Crippen molar-refractivity contribution in [3.8, 4) is 17.6 Å². The second-order valence-corrected chi connectivity index (χ2v) is 3.47. The van der Waals surface area contributed by atoms with Gasteiger partial charge in [0.15, 0.2) is 5.69 Å². The summed E-state index contributed by atoms with van der Waals surface area (Å²) in [6.07, 6.45) is 0. The van der Waals surface area contributed by atoms with Crippen LogP contribution in [0.15, 0.2) is 35.5 Å². The number of hydrogen-bond acceptors (Lipinski definition) is 4. The molecule has 2 rings (SSSR count). The summed E-state index contributed by atoms with van der Waals surface area (Å²) in [4.78, 5) is 10.7. The van der Waals surface area contributed by atoms with Gasteiger partial charge in [-0.05, 0) is 28.8 Å². The Kier molecular flexibility index (Phi) is 3.03. The normalized spacial score (nSPS) is 9.71. The SMILES string of the molecule is NCC#Cc1ccc2ccc(O)c(N=O)c2c1. The first-order valence-electron chi connectivity index (χ1n) is 5.04. The van der Waals surface area contributed by atoms with E-state index in [0.717, 1.165) is 10.9 Å². The Labute approximate surface area is 98.0 Å². The van der Waals surface area contributed by atoms with E-state index in [-0.39, 0.29) is 18.0 Å². The Bertz CT molecular complexity index is 639. The average molecular weight is 226 g/mol. The molecule has 0 amide bonds. The van der Waals surface area contributed by atoms with Crippen LogP contribution in [0, 0.1) is 16.7 Å². The summed E-state index contributed by atoms with van der Waals surface area (Å²) < 4.78 is 0. The fourth-order valence-electron chi connectivity index (χ4n) is 1.62. The van der Waals surface area contributed by atoms with Gasteiger partial charge in [0.25, 0.3) is 0 Å². The molecule has 2 aromatic carbocycles. The quantitative estimate of drug-likeness (QED) is 0.578. The second kappa shape index (κ2) is 4.64. The van der Waals surface area contributed by atoms with Crippen LogP contribution >= 0.6 is 0 Å². The number of benzene rings is 2. The van der Waals surface area contributed by atoms with Crippen molar-refractivity contribution in [1.29, 1.82) is 0 Å². The van der Waals surface area contributed by atoms with Crippen LogP contribution in [0.2, 0.25) is 0 Å². The molecule has 0 spiro atoms. The Morgan fingerprint density at radius 1 is 1.29 bits per heavy atom. The van der Waals surface area contributed by atoms with Crippen molar-refractivity contribution >= 4 is 16.5 Å². The fraction of sp³-hybridized carbons (Fsp3) is 0.0769. The molecule has 0 bridgehead atoms. The zero-order valence-electron chi connectivity index (χ0n) is 8.97. The first-order valence-corrected chi connectivity index (χ1v) is 5.04. The highest BCUT2D eigenvalue weighted by Crippen LogP contribution is 2.35. The summed E-state index contributed by atoms with van der Waals surface area (Å²) in [7, 11) is 0. The van der Waals surface area contributed by atoms with Gasteiger partial charge < -0.3 is 10.8 Å². The van der Waals surface area contributed by atoms with Gasteiger partial charge in [0.05, 0.1) is 6.54 Å². The highest BCUT2D eigenvalue weighted by Gasteiger charge is 2.07. The first-order chi connectivity index (χ1) is 8.26. The number of nitroso groups, excluding NO2 is 1. The third kappa shape index (κ3) is 2.10. The third-order valence-electron chi connectivity index (χ3n) is 2.40. The van der Waals surface area contributed by atoms with Crippen molar-refractivity contribution in [2.45, 2.75) is 0 Å². The van der Waals surface area contributed by atoms with Crippen molar-refractivity contribution in [3.63, 3.8) is 0 Å². The van der Waals surface area contributed by atoms with Gasteiger partial charge in [0.2, 0.25) is 0 Å². The van der Waals surface area contributed by atoms with E-state index in [1.54, 1.807) is 12.1 Å². The monoisotopic (exact) mass is 226 g/mol. The summed E-state index contributed by atoms with van der Waals surface area (Å²) >= 11 is 0. The number of phenolic OH excluding ortho intramolecular Hbond substituents is 1. The van der Waals surface area contributed by atoms with E-state index in [1.165, 1.54) is 6.07 Å². The minimum atomic E-state index is -0.128. The van der Waals surface area contributed by atoms with Gasteiger partial charge in [-0.2, -0.15) is 0 Å². The molecule has 3 N–H and O–H groups in total. The molecule has 84 valence electrons. The third-order valence-corrected chi connectivity index (χ3v) is 2.40. The molecule has 2 aromatic rings. The molecule has 17 heavy (non-hydrogen) atoms. The van der Waals surface area contributed by atoms with E-state index in [0.29, 0.717) is 5.39 Å². The smallest absolute Gasteiger partial charge is 0.157 e. The van der Waals surface area contributed by atoms with Crippen LogP contribution in [-0.2, 0) is 0 Å². The summed E-state index contributed by atoms with van der Waals surface area (Å²) in [5.74, 6) is 5.47. The standard InChI is InChI=1S/C13H10N2O2/c14-7-1-2-9-3-4-10-5-6-12(16)13(15-17)11(10)8-9/h3-6,8,16H,7,14H2. The van der Waals surface area contributed by atoms with E-state index in [2.05, 4.69) is 17.0 Å². The number of nitrogens with zero attached hydrogens (tertiary/aromatic N) is 1. The molecule has 0 atom stereocenters. The highest BCUT2D eigenvalue weighted by molar-refractivity contribution is 5.96. The van der Waals surface area contributed by atoms with Crippen LogP contribution in [-0.4, -0.2) is 11.7 Å². The van der Waals surface area contributed by atoms with Gasteiger partial charge in [-0.1, -0.05) is 24.0 Å². The molecule has 0 aliphatic rings. The Balaban J connectivity index is 2.69. The lowest BCUT2D eigenvalue weighted by atomic mass is 10.0. The molecule has 0 fully saturated rings. The molecular formula is C13H10N2O2. The second-order valence-electron chi connectivity index (χ2n) is 3.47. The van der Waals surface area contributed by atoms with Gasteiger partial charge in [-0.15, -0.1) is 4.91 Å². The molecule has 0 heterocycles. The van der Waals surface area contributed by atoms with Crippen molar-refractivity contribution in [2.24, 2.45) is 10.9 Å². The highest BCUT2D eigenvalue weighted by atomic mass is 16.3. The lowest BCUT2D eigenvalue weighted by molar-refractivity contribution is 0.477. The number of phenols is 1. The number of fused-ring (bicyclic) bond motifs is 1. The summed E-state index contributed by atoms with van der Waals surface area (Å²) in [5, 5.41) is 13.8. The molecule has 4 heteroatoms. The Morgan fingerprint density at radius 3 is 2.76 bits per heavy atom. The minimum Gasteiger partial charge on any atom is -0.506 e. The predicted octanol–water partition coefficient (Wildman–Crippen LogP) is 2.25. The van der Waals surface area contributed by atoms with Crippen molar-refractivity contribution in [3.05, 3.63) is 40.8 Å². The van der Waals surface area contributed by atoms with Crippen molar-refractivity contribution in [2.75, 3.05) is 6.54 Å². The van der Waals surface area contributed by atoms with E-state index in [1.807, 2.05) is 12.1 Å². The molecule has 0 radical (unpaired) electrons. The van der Waals surface area contributed by atoms with Gasteiger partial charge >= 0.3 is 0 Å². The van der Waals surface area contributed by atoms with Gasteiger partial charge in [-0.3, -0.25) is 0 Å².